The minimum Gasteiger partial charge on any atom is -0.340 e. The molecule has 0 aromatic heterocycles. The van der Waals surface area contributed by atoms with Crippen molar-refractivity contribution in [3.05, 3.63) is 35.9 Å². The maximum absolute atomic E-state index is 12.0. The lowest BCUT2D eigenvalue weighted by atomic mass is 9.93. The number of benzene rings is 1. The molecule has 0 spiro atoms. The Labute approximate surface area is 109 Å². The van der Waals surface area contributed by atoms with Gasteiger partial charge in [-0.3, -0.25) is 4.79 Å². The number of rotatable bonds is 4. The van der Waals surface area contributed by atoms with Crippen molar-refractivity contribution in [2.75, 3.05) is 6.54 Å². The molecule has 3 unspecified atom stereocenters. The minimum atomic E-state index is -0.0378. The summed E-state index contributed by atoms with van der Waals surface area (Å²) in [5.41, 5.74) is 7.41. The number of carbonyl (C=O) groups is 1. The first-order valence-corrected chi connectivity index (χ1v) is 6.73. The minimum absolute atomic E-state index is 0.0378. The number of hydrogen-bond acceptors (Lipinski definition) is 2. The molecular formula is C15H22N2O. The van der Waals surface area contributed by atoms with Gasteiger partial charge in [0.05, 0.1) is 0 Å². The molecule has 1 amide bonds. The van der Waals surface area contributed by atoms with Gasteiger partial charge < -0.3 is 10.6 Å². The van der Waals surface area contributed by atoms with Crippen molar-refractivity contribution in [2.45, 2.75) is 38.8 Å². The van der Waals surface area contributed by atoms with E-state index in [0.717, 1.165) is 18.5 Å². The Kier molecular flexibility index (Phi) is 4.02. The summed E-state index contributed by atoms with van der Waals surface area (Å²) in [7, 11) is 0. The molecule has 1 fully saturated rings. The molecule has 1 aliphatic heterocycles. The summed E-state index contributed by atoms with van der Waals surface area (Å²) >= 11 is 0. The average molecular weight is 246 g/mol. The van der Waals surface area contributed by atoms with Crippen LogP contribution in [0.25, 0.3) is 0 Å². The zero-order valence-electron chi connectivity index (χ0n) is 11.2. The summed E-state index contributed by atoms with van der Waals surface area (Å²) < 4.78 is 0. The third-order valence-corrected chi connectivity index (χ3v) is 4.00. The summed E-state index contributed by atoms with van der Waals surface area (Å²) in [6.45, 7) is 5.01. The second-order valence-electron chi connectivity index (χ2n) is 5.20. The topological polar surface area (TPSA) is 46.3 Å². The molecule has 1 aliphatic rings. The SMILES string of the molecule is CCC(C)N1CC(C(N)c2ccccc2)CC1=O. The molecule has 2 rings (SSSR count). The number of carbonyl (C=O) groups excluding carboxylic acids is 1. The molecule has 1 aromatic carbocycles. The van der Waals surface area contributed by atoms with Gasteiger partial charge in [-0.1, -0.05) is 37.3 Å². The van der Waals surface area contributed by atoms with Crippen LogP contribution in [-0.2, 0) is 4.79 Å². The molecule has 98 valence electrons. The van der Waals surface area contributed by atoms with Crippen molar-refractivity contribution in [1.82, 2.24) is 4.90 Å². The Morgan fingerprint density at radius 3 is 2.67 bits per heavy atom. The monoisotopic (exact) mass is 246 g/mol. The Bertz CT molecular complexity index is 404. The van der Waals surface area contributed by atoms with E-state index in [1.54, 1.807) is 0 Å². The van der Waals surface area contributed by atoms with Crippen molar-refractivity contribution in [2.24, 2.45) is 11.7 Å². The van der Waals surface area contributed by atoms with Gasteiger partial charge in [0.1, 0.15) is 0 Å². The maximum Gasteiger partial charge on any atom is 0.223 e. The zero-order chi connectivity index (χ0) is 13.1. The number of nitrogens with zero attached hydrogens (tertiary/aromatic N) is 1. The Balaban J connectivity index is 2.06. The third kappa shape index (κ3) is 2.56. The fourth-order valence-electron chi connectivity index (χ4n) is 2.59. The summed E-state index contributed by atoms with van der Waals surface area (Å²) in [6.07, 6.45) is 1.58. The number of nitrogens with two attached hydrogens (primary N) is 1. The molecule has 3 nitrogen and oxygen atoms in total. The quantitative estimate of drug-likeness (QED) is 0.886. The van der Waals surface area contributed by atoms with Gasteiger partial charge in [0.2, 0.25) is 5.91 Å². The largest absolute Gasteiger partial charge is 0.340 e. The number of amides is 1. The van der Waals surface area contributed by atoms with E-state index in [1.807, 2.05) is 35.2 Å². The van der Waals surface area contributed by atoms with Crippen LogP contribution in [0.3, 0.4) is 0 Å². The first-order valence-electron chi connectivity index (χ1n) is 6.73. The Morgan fingerprint density at radius 2 is 2.06 bits per heavy atom. The smallest absolute Gasteiger partial charge is 0.223 e. The fourth-order valence-corrected chi connectivity index (χ4v) is 2.59. The van der Waals surface area contributed by atoms with E-state index in [0.29, 0.717) is 12.5 Å². The van der Waals surface area contributed by atoms with Gasteiger partial charge in [0.25, 0.3) is 0 Å². The van der Waals surface area contributed by atoms with Crippen LogP contribution in [0.2, 0.25) is 0 Å². The molecule has 3 heteroatoms. The zero-order valence-corrected chi connectivity index (χ0v) is 11.2. The molecule has 0 radical (unpaired) electrons. The molecule has 0 bridgehead atoms. The highest BCUT2D eigenvalue weighted by Gasteiger charge is 2.35. The molecule has 1 aromatic rings. The van der Waals surface area contributed by atoms with Gasteiger partial charge in [0, 0.05) is 31.0 Å². The lowest BCUT2D eigenvalue weighted by Gasteiger charge is -2.25. The van der Waals surface area contributed by atoms with Gasteiger partial charge in [-0.05, 0) is 18.9 Å². The Morgan fingerprint density at radius 1 is 1.39 bits per heavy atom. The van der Waals surface area contributed by atoms with Crippen molar-refractivity contribution in [1.29, 1.82) is 0 Å². The van der Waals surface area contributed by atoms with Crippen molar-refractivity contribution < 1.29 is 4.79 Å². The summed E-state index contributed by atoms with van der Waals surface area (Å²) in [5.74, 6) is 0.495. The predicted octanol–water partition coefficient (Wildman–Crippen LogP) is 2.33. The van der Waals surface area contributed by atoms with E-state index in [1.165, 1.54) is 0 Å². The first-order chi connectivity index (χ1) is 8.63. The normalized spacial score (nSPS) is 23.2. The summed E-state index contributed by atoms with van der Waals surface area (Å²) in [6, 6.07) is 10.4. The molecule has 0 aliphatic carbocycles. The molecule has 18 heavy (non-hydrogen) atoms. The van der Waals surface area contributed by atoms with Crippen LogP contribution in [0, 0.1) is 5.92 Å². The molecule has 1 saturated heterocycles. The second kappa shape index (κ2) is 5.53. The molecule has 1 heterocycles. The molecular weight excluding hydrogens is 224 g/mol. The van der Waals surface area contributed by atoms with Gasteiger partial charge in [0.15, 0.2) is 0 Å². The lowest BCUT2D eigenvalue weighted by molar-refractivity contribution is -0.129. The summed E-state index contributed by atoms with van der Waals surface area (Å²) in [4.78, 5) is 14.0. The van der Waals surface area contributed by atoms with E-state index in [4.69, 9.17) is 5.73 Å². The molecule has 0 saturated carbocycles. The van der Waals surface area contributed by atoms with Crippen LogP contribution in [0.1, 0.15) is 38.3 Å². The van der Waals surface area contributed by atoms with Crippen molar-refractivity contribution in [3.63, 3.8) is 0 Å². The maximum atomic E-state index is 12.0. The van der Waals surface area contributed by atoms with E-state index < -0.39 is 0 Å². The molecule has 3 atom stereocenters. The third-order valence-electron chi connectivity index (χ3n) is 4.00. The highest BCUT2D eigenvalue weighted by atomic mass is 16.2. The van der Waals surface area contributed by atoms with E-state index in [9.17, 15) is 4.79 Å². The van der Waals surface area contributed by atoms with Crippen LogP contribution < -0.4 is 5.73 Å². The highest BCUT2D eigenvalue weighted by Crippen LogP contribution is 2.30. The lowest BCUT2D eigenvalue weighted by Crippen LogP contribution is -2.34. The van der Waals surface area contributed by atoms with Crippen LogP contribution in [-0.4, -0.2) is 23.4 Å². The highest BCUT2D eigenvalue weighted by molar-refractivity contribution is 5.79. The van der Waals surface area contributed by atoms with Gasteiger partial charge in [-0.25, -0.2) is 0 Å². The number of hydrogen-bond donors (Lipinski definition) is 1. The van der Waals surface area contributed by atoms with Crippen LogP contribution in [0.4, 0.5) is 0 Å². The van der Waals surface area contributed by atoms with Crippen LogP contribution in [0.5, 0.6) is 0 Å². The Hall–Kier alpha value is -1.35. The second-order valence-corrected chi connectivity index (χ2v) is 5.20. The molecule has 2 N–H and O–H groups in total. The van der Waals surface area contributed by atoms with Crippen LogP contribution in [0.15, 0.2) is 30.3 Å². The average Bonchev–Trinajstić information content (AvgIpc) is 2.80. The van der Waals surface area contributed by atoms with E-state index in [-0.39, 0.29) is 17.9 Å². The fraction of sp³-hybridized carbons (Fsp3) is 0.533. The van der Waals surface area contributed by atoms with Gasteiger partial charge in [-0.2, -0.15) is 0 Å². The first kappa shape index (κ1) is 13.1. The summed E-state index contributed by atoms with van der Waals surface area (Å²) in [5, 5.41) is 0. The van der Waals surface area contributed by atoms with Gasteiger partial charge in [-0.15, -0.1) is 0 Å². The van der Waals surface area contributed by atoms with E-state index >= 15 is 0 Å². The van der Waals surface area contributed by atoms with Crippen molar-refractivity contribution in [3.8, 4) is 0 Å². The number of likely N-dealkylation sites (tertiary alicyclic amines) is 1. The van der Waals surface area contributed by atoms with E-state index in [2.05, 4.69) is 13.8 Å². The predicted molar refractivity (Wildman–Crippen MR) is 72.9 cm³/mol. The van der Waals surface area contributed by atoms with Crippen molar-refractivity contribution >= 4 is 5.91 Å². The van der Waals surface area contributed by atoms with Crippen LogP contribution >= 0.6 is 0 Å². The van der Waals surface area contributed by atoms with Gasteiger partial charge >= 0.3 is 0 Å². The standard InChI is InChI=1S/C15H22N2O/c1-3-11(2)17-10-13(9-14(17)18)15(16)12-7-5-4-6-8-12/h4-8,11,13,15H,3,9-10,16H2,1-2H3.